The third kappa shape index (κ3) is 7.11. The van der Waals surface area contributed by atoms with Crippen LogP contribution in [0, 0.1) is 0 Å². The van der Waals surface area contributed by atoms with Crippen LogP contribution in [0.3, 0.4) is 0 Å². The van der Waals surface area contributed by atoms with Gasteiger partial charge in [0.25, 0.3) is 0 Å². The molecule has 0 aromatic heterocycles. The normalized spacial score (nSPS) is 12.2. The van der Waals surface area contributed by atoms with Crippen LogP contribution in [0.2, 0.25) is 0 Å². The third-order valence-corrected chi connectivity index (χ3v) is 5.70. The maximum Gasteiger partial charge on any atom is 0.242 e. The second-order valence-electron chi connectivity index (χ2n) is 9.14. The smallest absolute Gasteiger partial charge is 0.242 e. The van der Waals surface area contributed by atoms with Crippen molar-refractivity contribution in [3.63, 3.8) is 0 Å². The molecule has 0 aliphatic heterocycles. The average Bonchev–Trinajstić information content (AvgIpc) is 2.77. The number of hydrogen-bond donors (Lipinski definition) is 1. The maximum absolute atomic E-state index is 13.3. The maximum atomic E-state index is 13.3. The van der Waals surface area contributed by atoms with Crippen molar-refractivity contribution in [2.45, 2.75) is 71.9 Å². The molecule has 2 aromatic carbocycles. The minimum Gasteiger partial charge on any atom is -0.497 e. The molecule has 0 bridgehead atoms. The van der Waals surface area contributed by atoms with Crippen molar-refractivity contribution in [1.82, 2.24) is 10.2 Å². The highest BCUT2D eigenvalue weighted by atomic mass is 16.5. The second-order valence-corrected chi connectivity index (χ2v) is 9.14. The first kappa shape index (κ1) is 25.4. The zero-order valence-electron chi connectivity index (χ0n) is 20.4. The number of methoxy groups -OCH3 is 1. The van der Waals surface area contributed by atoms with E-state index in [0.29, 0.717) is 32.4 Å². The summed E-state index contributed by atoms with van der Waals surface area (Å²) in [5, 5.41) is 2.88. The Hall–Kier alpha value is -2.82. The van der Waals surface area contributed by atoms with Crippen LogP contribution in [0.5, 0.6) is 5.75 Å². The lowest BCUT2D eigenvalue weighted by molar-refractivity contribution is -0.141. The number of amides is 2. The summed E-state index contributed by atoms with van der Waals surface area (Å²) >= 11 is 0. The Labute approximate surface area is 193 Å². The molecule has 1 atom stereocenters. The van der Waals surface area contributed by atoms with E-state index >= 15 is 0 Å². The number of nitrogens with zero attached hydrogens (tertiary/aromatic N) is 1. The molecule has 2 amide bonds. The highest BCUT2D eigenvalue weighted by molar-refractivity contribution is 5.87. The molecule has 5 nitrogen and oxygen atoms in total. The summed E-state index contributed by atoms with van der Waals surface area (Å²) in [5.41, 5.74) is 3.47. The van der Waals surface area contributed by atoms with E-state index in [1.54, 1.807) is 12.0 Å². The molecule has 0 fully saturated rings. The van der Waals surface area contributed by atoms with Crippen molar-refractivity contribution in [3.8, 4) is 5.75 Å². The Balaban J connectivity index is 2.17. The zero-order chi connectivity index (χ0) is 23.7. The van der Waals surface area contributed by atoms with E-state index in [1.165, 1.54) is 5.56 Å². The summed E-state index contributed by atoms with van der Waals surface area (Å²) in [5.74, 6) is 0.645. The van der Waals surface area contributed by atoms with Gasteiger partial charge in [-0.25, -0.2) is 0 Å². The zero-order valence-corrected chi connectivity index (χ0v) is 20.4. The highest BCUT2D eigenvalue weighted by Crippen LogP contribution is 2.23. The first-order chi connectivity index (χ1) is 15.2. The van der Waals surface area contributed by atoms with Crippen LogP contribution in [0.15, 0.2) is 48.5 Å². The van der Waals surface area contributed by atoms with Gasteiger partial charge in [0.1, 0.15) is 11.8 Å². The summed E-state index contributed by atoms with van der Waals surface area (Å²) < 4.78 is 5.23. The fourth-order valence-electron chi connectivity index (χ4n) is 3.71. The number of rotatable bonds is 10. The summed E-state index contributed by atoms with van der Waals surface area (Å²) in [6.07, 6.45) is 1.57. The molecule has 0 heterocycles. The van der Waals surface area contributed by atoms with E-state index in [4.69, 9.17) is 4.74 Å². The molecule has 0 saturated heterocycles. The molecule has 0 radical (unpaired) electrons. The van der Waals surface area contributed by atoms with Crippen molar-refractivity contribution >= 4 is 11.8 Å². The van der Waals surface area contributed by atoms with Gasteiger partial charge in [-0.05, 0) is 54.0 Å². The van der Waals surface area contributed by atoms with Gasteiger partial charge in [0.15, 0.2) is 0 Å². The van der Waals surface area contributed by atoms with Gasteiger partial charge in [0.05, 0.1) is 7.11 Å². The van der Waals surface area contributed by atoms with Crippen molar-refractivity contribution in [2.75, 3.05) is 13.7 Å². The molecular weight excluding hydrogens is 400 g/mol. The monoisotopic (exact) mass is 438 g/mol. The molecule has 5 heteroatoms. The van der Waals surface area contributed by atoms with Gasteiger partial charge in [-0.2, -0.15) is 0 Å². The molecule has 0 aliphatic rings. The number of hydrogen-bond acceptors (Lipinski definition) is 3. The lowest BCUT2D eigenvalue weighted by Gasteiger charge is -2.30. The number of benzene rings is 2. The van der Waals surface area contributed by atoms with Crippen molar-refractivity contribution in [3.05, 3.63) is 65.2 Å². The molecule has 1 N–H and O–H groups in total. The van der Waals surface area contributed by atoms with Gasteiger partial charge in [0, 0.05) is 19.5 Å². The van der Waals surface area contributed by atoms with Gasteiger partial charge >= 0.3 is 0 Å². The molecular formula is C27H38N2O3. The van der Waals surface area contributed by atoms with Crippen LogP contribution >= 0.6 is 0 Å². The largest absolute Gasteiger partial charge is 0.497 e. The average molecular weight is 439 g/mol. The molecule has 2 rings (SSSR count). The van der Waals surface area contributed by atoms with Gasteiger partial charge in [0.2, 0.25) is 11.8 Å². The van der Waals surface area contributed by atoms with E-state index < -0.39 is 6.04 Å². The first-order valence-corrected chi connectivity index (χ1v) is 11.5. The van der Waals surface area contributed by atoms with Crippen LogP contribution in [0.4, 0.5) is 0 Å². The van der Waals surface area contributed by atoms with Gasteiger partial charge in [-0.15, -0.1) is 0 Å². The molecule has 0 unspecified atom stereocenters. The Kier molecular flexibility index (Phi) is 9.30. The third-order valence-electron chi connectivity index (χ3n) is 5.70. The van der Waals surface area contributed by atoms with Crippen LogP contribution in [-0.4, -0.2) is 36.4 Å². The molecule has 0 aliphatic carbocycles. The highest BCUT2D eigenvalue weighted by Gasteiger charge is 2.28. The molecule has 2 aromatic rings. The van der Waals surface area contributed by atoms with E-state index in [-0.39, 0.29) is 17.2 Å². The topological polar surface area (TPSA) is 58.6 Å². The molecule has 0 spiro atoms. The lowest BCUT2D eigenvalue weighted by atomic mass is 9.86. The summed E-state index contributed by atoms with van der Waals surface area (Å²) in [6.45, 7) is 11.3. The summed E-state index contributed by atoms with van der Waals surface area (Å²) in [7, 11) is 1.63. The SMILES string of the molecule is CCNC(=O)[C@H](CC)N(Cc1ccc(OC)cc1)C(=O)CCc1ccc(C(C)(C)C)cc1. The van der Waals surface area contributed by atoms with Crippen LogP contribution < -0.4 is 10.1 Å². The number of carbonyl (C=O) groups is 2. The second kappa shape index (κ2) is 11.7. The Morgan fingerprint density at radius 1 is 0.969 bits per heavy atom. The van der Waals surface area contributed by atoms with E-state index in [9.17, 15) is 9.59 Å². The molecule has 0 saturated carbocycles. The van der Waals surface area contributed by atoms with E-state index in [0.717, 1.165) is 16.9 Å². The Bertz CT molecular complexity index is 867. The minimum absolute atomic E-state index is 0.0150. The Morgan fingerprint density at radius 3 is 2.06 bits per heavy atom. The molecule has 174 valence electrons. The van der Waals surface area contributed by atoms with Gasteiger partial charge in [-0.3, -0.25) is 9.59 Å². The minimum atomic E-state index is -0.493. The van der Waals surface area contributed by atoms with E-state index in [2.05, 4.69) is 50.4 Å². The summed E-state index contributed by atoms with van der Waals surface area (Å²) in [4.78, 5) is 27.7. The van der Waals surface area contributed by atoms with Crippen molar-refractivity contribution < 1.29 is 14.3 Å². The quantitative estimate of drug-likeness (QED) is 0.576. The predicted molar refractivity (Wildman–Crippen MR) is 130 cm³/mol. The van der Waals surface area contributed by atoms with E-state index in [1.807, 2.05) is 38.1 Å². The summed E-state index contributed by atoms with van der Waals surface area (Å²) in [6, 6.07) is 15.6. The Morgan fingerprint density at radius 2 is 1.56 bits per heavy atom. The number of nitrogens with one attached hydrogen (secondary N) is 1. The van der Waals surface area contributed by atoms with Crippen LogP contribution in [0.25, 0.3) is 0 Å². The molecule has 32 heavy (non-hydrogen) atoms. The number of aryl methyl sites for hydroxylation is 1. The van der Waals surface area contributed by atoms with Crippen LogP contribution in [0.1, 0.15) is 64.2 Å². The van der Waals surface area contributed by atoms with Gasteiger partial charge < -0.3 is 15.0 Å². The fraction of sp³-hybridized carbons (Fsp3) is 0.481. The number of likely N-dealkylation sites (N-methyl/N-ethyl adjacent to an activating group) is 1. The number of carbonyl (C=O) groups excluding carboxylic acids is 2. The van der Waals surface area contributed by atoms with Gasteiger partial charge in [-0.1, -0.05) is 64.1 Å². The first-order valence-electron chi connectivity index (χ1n) is 11.5. The number of ether oxygens (including phenoxy) is 1. The van der Waals surface area contributed by atoms with Crippen molar-refractivity contribution in [1.29, 1.82) is 0 Å². The lowest BCUT2D eigenvalue weighted by Crippen LogP contribution is -2.49. The van der Waals surface area contributed by atoms with Crippen LogP contribution in [-0.2, 0) is 28.0 Å². The fourth-order valence-corrected chi connectivity index (χ4v) is 3.71. The standard InChI is InChI=1S/C27H38N2O3/c1-7-24(26(31)28-8-2)29(19-21-11-16-23(32-6)17-12-21)25(30)18-13-20-9-14-22(15-10-20)27(3,4)5/h9-12,14-17,24H,7-8,13,18-19H2,1-6H3,(H,28,31)/t24-/m0/s1. The predicted octanol–water partition coefficient (Wildman–Crippen LogP) is 4.87. The van der Waals surface area contributed by atoms with Crippen molar-refractivity contribution in [2.24, 2.45) is 0 Å².